The monoisotopic (exact) mass is 425 g/mol. The summed E-state index contributed by atoms with van der Waals surface area (Å²) in [5.41, 5.74) is 10.0. The van der Waals surface area contributed by atoms with Crippen molar-refractivity contribution in [3.8, 4) is 0 Å². The molecule has 0 bridgehead atoms. The Kier molecular flexibility index (Phi) is 9.11. The normalized spacial score (nSPS) is 14.3. The van der Waals surface area contributed by atoms with E-state index in [9.17, 15) is 15.4 Å². The minimum absolute atomic E-state index is 0.0552. The van der Waals surface area contributed by atoms with Gasteiger partial charge >= 0.3 is 5.97 Å². The molecule has 0 spiro atoms. The molecule has 0 aromatic heterocycles. The van der Waals surface area contributed by atoms with Gasteiger partial charge in [0, 0.05) is 17.4 Å². The number of ether oxygens (including phenoxy) is 1. The molecule has 1 N–H and O–H groups in total. The van der Waals surface area contributed by atoms with E-state index in [1.165, 1.54) is 5.19 Å². The molecule has 7 heteroatoms. The molecule has 0 saturated carbocycles. The molecule has 0 radical (unpaired) electrons. The average Bonchev–Trinajstić information content (AvgIpc) is 2.76. The number of hydrogen-bond acceptors (Lipinski definition) is 4. The number of esters is 1. The van der Waals surface area contributed by atoms with Crippen LogP contribution in [0.2, 0.25) is 18.6 Å². The summed E-state index contributed by atoms with van der Waals surface area (Å²) in [6.07, 6.45) is 0.378. The highest BCUT2D eigenvalue weighted by Gasteiger charge is 2.40. The van der Waals surface area contributed by atoms with Crippen LogP contribution in [-0.2, 0) is 9.53 Å². The van der Waals surface area contributed by atoms with Crippen molar-refractivity contribution in [3.05, 3.63) is 76.7 Å². The summed E-state index contributed by atoms with van der Waals surface area (Å²) in [6.45, 7) is 6.56. The number of hydrogen-bond donors (Lipinski definition) is 1. The van der Waals surface area contributed by atoms with Crippen LogP contribution in [0.1, 0.15) is 37.9 Å². The Hall–Kier alpha value is -2.60. The maximum Gasteiger partial charge on any atom is 0.305 e. The van der Waals surface area contributed by atoms with Crippen molar-refractivity contribution in [3.63, 3.8) is 0 Å². The van der Waals surface area contributed by atoms with Gasteiger partial charge in [-0.3, -0.25) is 4.79 Å². The van der Waals surface area contributed by atoms with Gasteiger partial charge in [0.1, 0.15) is 0 Å². The van der Waals surface area contributed by atoms with E-state index < -0.39 is 20.2 Å². The van der Waals surface area contributed by atoms with Gasteiger partial charge in [-0.15, -0.1) is 0 Å². The Morgan fingerprint density at radius 1 is 1.13 bits per heavy atom. The molecule has 2 aromatic carbocycles. The van der Waals surface area contributed by atoms with Crippen LogP contribution in [0.5, 0.6) is 0 Å². The van der Waals surface area contributed by atoms with Crippen LogP contribution in [0, 0.1) is 0 Å². The molecule has 0 heterocycles. The quantitative estimate of drug-likeness (QED) is 0.178. The number of carbonyl (C=O) groups excluding carboxylic acids is 1. The number of carbonyl (C=O) groups is 1. The lowest BCUT2D eigenvalue weighted by molar-refractivity contribution is -0.143. The first-order chi connectivity index (χ1) is 14.4. The number of aliphatic hydroxyl groups excluding tert-OH is 1. The average molecular weight is 426 g/mol. The second kappa shape index (κ2) is 11.5. The summed E-state index contributed by atoms with van der Waals surface area (Å²) in [5, 5.41) is 16.3. The van der Waals surface area contributed by atoms with Crippen molar-refractivity contribution < 1.29 is 14.6 Å². The molecule has 160 valence electrons. The van der Waals surface area contributed by atoms with Gasteiger partial charge in [0.25, 0.3) is 0 Å². The van der Waals surface area contributed by atoms with Crippen molar-refractivity contribution in [2.45, 2.75) is 57.0 Å². The summed E-state index contributed by atoms with van der Waals surface area (Å²) in [4.78, 5) is 15.0. The van der Waals surface area contributed by atoms with E-state index in [1.807, 2.05) is 48.5 Å². The Balaban J connectivity index is 2.36. The molecule has 3 atom stereocenters. The number of azide groups is 1. The van der Waals surface area contributed by atoms with Crippen LogP contribution in [0.15, 0.2) is 65.8 Å². The fourth-order valence-corrected chi connectivity index (χ4v) is 7.46. The first kappa shape index (κ1) is 23.7. The number of benzene rings is 2. The van der Waals surface area contributed by atoms with Gasteiger partial charge in [0.2, 0.25) is 0 Å². The second-order valence-corrected chi connectivity index (χ2v) is 12.7. The molecular formula is C23H31N3O3Si. The standard InChI is InChI=1S/C23H31N3O3Si/c1-4-29-23(28)16-15-20(25-26-24)22(17-21(27)18-11-7-5-8-12-18)30(2,3)19-13-9-6-10-14-19/h5-14,20-22,27H,4,15-17H2,1-3H3/t20?,21-,22+/m1/s1. The van der Waals surface area contributed by atoms with E-state index in [0.29, 0.717) is 19.4 Å². The molecule has 0 saturated heterocycles. The van der Waals surface area contributed by atoms with E-state index in [-0.39, 0.29) is 17.9 Å². The summed E-state index contributed by atoms with van der Waals surface area (Å²) >= 11 is 0. The molecule has 6 nitrogen and oxygen atoms in total. The van der Waals surface area contributed by atoms with E-state index in [2.05, 4.69) is 35.3 Å². The van der Waals surface area contributed by atoms with Gasteiger partial charge < -0.3 is 9.84 Å². The van der Waals surface area contributed by atoms with E-state index in [0.717, 1.165) is 5.56 Å². The predicted molar refractivity (Wildman–Crippen MR) is 122 cm³/mol. The number of rotatable bonds is 11. The maximum absolute atomic E-state index is 11.9. The maximum atomic E-state index is 11.9. The lowest BCUT2D eigenvalue weighted by Gasteiger charge is -2.38. The molecule has 2 aromatic rings. The molecule has 0 fully saturated rings. The summed E-state index contributed by atoms with van der Waals surface area (Å²) < 4.78 is 5.06. The molecule has 0 aliphatic rings. The van der Waals surface area contributed by atoms with Crippen molar-refractivity contribution >= 4 is 19.2 Å². The third-order valence-electron chi connectivity index (χ3n) is 5.72. The lowest BCUT2D eigenvalue weighted by Crippen LogP contribution is -2.50. The van der Waals surface area contributed by atoms with Gasteiger partial charge in [0.15, 0.2) is 0 Å². The SMILES string of the molecule is CCOC(=O)CCC(N=[N+]=[N-])[C@H](C[C@@H](O)c1ccccc1)[Si](C)(C)c1ccccc1. The van der Waals surface area contributed by atoms with Crippen LogP contribution in [-0.4, -0.2) is 31.8 Å². The van der Waals surface area contributed by atoms with Gasteiger partial charge in [-0.1, -0.05) is 84.1 Å². The molecule has 0 aliphatic heterocycles. The van der Waals surface area contributed by atoms with Crippen LogP contribution < -0.4 is 5.19 Å². The fraction of sp³-hybridized carbons (Fsp3) is 0.435. The van der Waals surface area contributed by atoms with Gasteiger partial charge in [-0.25, -0.2) is 0 Å². The van der Waals surface area contributed by atoms with Crippen LogP contribution >= 0.6 is 0 Å². The zero-order valence-electron chi connectivity index (χ0n) is 17.9. The number of nitrogens with zero attached hydrogens (tertiary/aromatic N) is 3. The van der Waals surface area contributed by atoms with Crippen molar-refractivity contribution in [2.24, 2.45) is 5.11 Å². The van der Waals surface area contributed by atoms with Gasteiger partial charge in [0.05, 0.1) is 20.8 Å². The highest BCUT2D eigenvalue weighted by atomic mass is 28.3. The second-order valence-electron chi connectivity index (χ2n) is 7.97. The highest BCUT2D eigenvalue weighted by Crippen LogP contribution is 2.38. The summed E-state index contributed by atoms with van der Waals surface area (Å²) in [5.74, 6) is -0.294. The highest BCUT2D eigenvalue weighted by molar-refractivity contribution is 6.91. The van der Waals surface area contributed by atoms with Crippen molar-refractivity contribution in [1.29, 1.82) is 0 Å². The Morgan fingerprint density at radius 3 is 2.30 bits per heavy atom. The molecular weight excluding hydrogens is 394 g/mol. The Bertz CT molecular complexity index is 839. The van der Waals surface area contributed by atoms with Crippen molar-refractivity contribution in [1.82, 2.24) is 0 Å². The lowest BCUT2D eigenvalue weighted by atomic mass is 9.99. The fourth-order valence-electron chi connectivity index (χ4n) is 3.97. The van der Waals surface area contributed by atoms with Gasteiger partial charge in [-0.05, 0) is 36.4 Å². The van der Waals surface area contributed by atoms with Crippen LogP contribution in [0.25, 0.3) is 10.4 Å². The molecule has 0 aliphatic carbocycles. The Labute approximate surface area is 179 Å². The molecule has 1 unspecified atom stereocenters. The smallest absolute Gasteiger partial charge is 0.305 e. The molecule has 30 heavy (non-hydrogen) atoms. The van der Waals surface area contributed by atoms with E-state index >= 15 is 0 Å². The van der Waals surface area contributed by atoms with E-state index in [1.54, 1.807) is 6.92 Å². The van der Waals surface area contributed by atoms with Crippen molar-refractivity contribution in [2.75, 3.05) is 6.61 Å². The summed E-state index contributed by atoms with van der Waals surface area (Å²) in [6, 6.07) is 19.3. The zero-order valence-corrected chi connectivity index (χ0v) is 18.9. The Morgan fingerprint density at radius 2 is 1.73 bits per heavy atom. The number of aliphatic hydroxyl groups is 1. The first-order valence-electron chi connectivity index (χ1n) is 10.4. The van der Waals surface area contributed by atoms with Crippen LogP contribution in [0.4, 0.5) is 0 Å². The predicted octanol–water partition coefficient (Wildman–Crippen LogP) is 5.12. The zero-order chi connectivity index (χ0) is 22.0. The van der Waals surface area contributed by atoms with Gasteiger partial charge in [-0.2, -0.15) is 0 Å². The van der Waals surface area contributed by atoms with Crippen LogP contribution in [0.3, 0.4) is 0 Å². The molecule has 0 amide bonds. The minimum Gasteiger partial charge on any atom is -0.466 e. The third kappa shape index (κ3) is 6.45. The first-order valence-corrected chi connectivity index (χ1v) is 13.5. The topological polar surface area (TPSA) is 95.3 Å². The third-order valence-corrected chi connectivity index (χ3v) is 10.0. The minimum atomic E-state index is -2.17. The molecule has 2 rings (SSSR count). The van der Waals surface area contributed by atoms with E-state index in [4.69, 9.17) is 4.74 Å². The summed E-state index contributed by atoms with van der Waals surface area (Å²) in [7, 11) is -2.17. The largest absolute Gasteiger partial charge is 0.466 e.